The van der Waals surface area contributed by atoms with E-state index >= 15 is 0 Å². The predicted molar refractivity (Wildman–Crippen MR) is 91.7 cm³/mol. The van der Waals surface area contributed by atoms with E-state index in [9.17, 15) is 9.59 Å². The van der Waals surface area contributed by atoms with E-state index in [1.165, 1.54) is 32.4 Å². The highest BCUT2D eigenvalue weighted by Gasteiger charge is 2.15. The second kappa shape index (κ2) is 8.39. The van der Waals surface area contributed by atoms with Gasteiger partial charge in [-0.15, -0.1) is 0 Å². The maximum atomic E-state index is 12.0. The summed E-state index contributed by atoms with van der Waals surface area (Å²) < 4.78 is 20.4. The minimum absolute atomic E-state index is 0.177. The molecule has 0 heterocycles. The Bertz CT molecular complexity index is 787. The maximum absolute atomic E-state index is 12.0. The number of halogens is 1. The van der Waals surface area contributed by atoms with E-state index in [2.05, 4.69) is 4.74 Å². The molecule has 0 unspecified atom stereocenters. The lowest BCUT2D eigenvalue weighted by Crippen LogP contribution is -2.18. The van der Waals surface area contributed by atoms with Crippen LogP contribution in [-0.2, 0) is 9.53 Å². The van der Waals surface area contributed by atoms with Gasteiger partial charge in [-0.2, -0.15) is 0 Å². The summed E-state index contributed by atoms with van der Waals surface area (Å²) in [5.41, 5.74) is 1.09. The number of carbonyl (C=O) groups excluding carboxylic acids is 2. The van der Waals surface area contributed by atoms with Crippen LogP contribution in [0.25, 0.3) is 0 Å². The molecule has 0 aromatic heterocycles. The summed E-state index contributed by atoms with van der Waals surface area (Å²) in [6.07, 6.45) is 0. The van der Waals surface area contributed by atoms with Crippen molar-refractivity contribution < 1.29 is 28.5 Å². The topological polar surface area (TPSA) is 71.1 Å². The molecule has 25 heavy (non-hydrogen) atoms. The average molecular weight is 365 g/mol. The van der Waals surface area contributed by atoms with Gasteiger partial charge in [-0.05, 0) is 48.9 Å². The second-order valence-electron chi connectivity index (χ2n) is 5.03. The molecule has 0 spiro atoms. The zero-order valence-corrected chi connectivity index (χ0v) is 14.8. The molecule has 7 heteroatoms. The van der Waals surface area contributed by atoms with Crippen LogP contribution in [0.4, 0.5) is 0 Å². The van der Waals surface area contributed by atoms with Gasteiger partial charge in [0.15, 0.2) is 18.1 Å². The Morgan fingerprint density at radius 1 is 1.00 bits per heavy atom. The third-order valence-corrected chi connectivity index (χ3v) is 3.53. The van der Waals surface area contributed by atoms with Crippen LogP contribution in [0.3, 0.4) is 0 Å². The van der Waals surface area contributed by atoms with Gasteiger partial charge in [0.05, 0.1) is 19.8 Å². The van der Waals surface area contributed by atoms with Gasteiger partial charge in [0.25, 0.3) is 0 Å². The number of benzene rings is 2. The number of hydrogen-bond donors (Lipinski definition) is 0. The molecule has 6 nitrogen and oxygen atoms in total. The van der Waals surface area contributed by atoms with E-state index in [0.717, 1.165) is 5.56 Å². The molecule has 2 aromatic rings. The van der Waals surface area contributed by atoms with Gasteiger partial charge in [-0.1, -0.05) is 11.6 Å². The molecule has 0 atom stereocenters. The zero-order valence-electron chi connectivity index (χ0n) is 14.0. The molecule has 0 bridgehead atoms. The van der Waals surface area contributed by atoms with E-state index in [1.807, 2.05) is 6.92 Å². The summed E-state index contributed by atoms with van der Waals surface area (Å²) in [5.74, 6) is -0.180. The Morgan fingerprint density at radius 2 is 1.72 bits per heavy atom. The fraction of sp³-hybridized carbons (Fsp3) is 0.222. The molecular weight excluding hydrogens is 348 g/mol. The summed E-state index contributed by atoms with van der Waals surface area (Å²) in [6, 6.07) is 9.44. The minimum atomic E-state index is -0.613. The first-order valence-electron chi connectivity index (χ1n) is 7.30. The number of rotatable bonds is 6. The van der Waals surface area contributed by atoms with E-state index in [0.29, 0.717) is 10.8 Å². The van der Waals surface area contributed by atoms with Crippen LogP contribution in [0.5, 0.6) is 17.2 Å². The van der Waals surface area contributed by atoms with Crippen LogP contribution in [0, 0.1) is 6.92 Å². The molecule has 0 aliphatic rings. The molecule has 0 saturated carbocycles. The molecule has 0 aliphatic carbocycles. The number of carbonyl (C=O) groups is 2. The third-order valence-electron chi connectivity index (χ3n) is 3.29. The number of methoxy groups -OCH3 is 2. The normalized spacial score (nSPS) is 10.1. The smallest absolute Gasteiger partial charge is 0.349 e. The van der Waals surface area contributed by atoms with Crippen molar-refractivity contribution >= 4 is 23.5 Å². The molecule has 0 radical (unpaired) electrons. The molecule has 0 saturated heterocycles. The molecule has 2 rings (SSSR count). The Hall–Kier alpha value is -2.73. The first-order valence-corrected chi connectivity index (χ1v) is 7.68. The van der Waals surface area contributed by atoms with Crippen molar-refractivity contribution in [1.82, 2.24) is 0 Å². The van der Waals surface area contributed by atoms with Crippen LogP contribution >= 0.6 is 11.6 Å². The molecule has 0 N–H and O–H groups in total. The van der Waals surface area contributed by atoms with Crippen molar-refractivity contribution in [2.45, 2.75) is 6.92 Å². The Balaban J connectivity index is 2.03. The van der Waals surface area contributed by atoms with Gasteiger partial charge in [-0.25, -0.2) is 9.59 Å². The quantitative estimate of drug-likeness (QED) is 0.577. The first kappa shape index (κ1) is 18.6. The molecule has 0 amide bonds. The van der Waals surface area contributed by atoms with Gasteiger partial charge in [0.1, 0.15) is 5.75 Å². The SMILES string of the molecule is COC(=O)c1ccc(OC(=O)COc2ccc(Cl)cc2C)c(OC)c1. The molecule has 0 fully saturated rings. The molecule has 2 aromatic carbocycles. The molecule has 132 valence electrons. The lowest BCUT2D eigenvalue weighted by molar-refractivity contribution is -0.136. The summed E-state index contributed by atoms with van der Waals surface area (Å²) in [4.78, 5) is 23.5. The lowest BCUT2D eigenvalue weighted by atomic mass is 10.2. The summed E-state index contributed by atoms with van der Waals surface area (Å²) in [5, 5.41) is 0.586. The van der Waals surface area contributed by atoms with Gasteiger partial charge in [0, 0.05) is 5.02 Å². The average Bonchev–Trinajstić information content (AvgIpc) is 2.60. The zero-order chi connectivity index (χ0) is 18.4. The van der Waals surface area contributed by atoms with Crippen molar-refractivity contribution in [2.75, 3.05) is 20.8 Å². The predicted octanol–water partition coefficient (Wildman–Crippen LogP) is 3.43. The Morgan fingerprint density at radius 3 is 2.36 bits per heavy atom. The fourth-order valence-corrected chi connectivity index (χ4v) is 2.29. The molecular formula is C18H17ClO6. The lowest BCUT2D eigenvalue weighted by Gasteiger charge is -2.12. The summed E-state index contributed by atoms with van der Waals surface area (Å²) in [6.45, 7) is 1.53. The summed E-state index contributed by atoms with van der Waals surface area (Å²) >= 11 is 5.87. The van der Waals surface area contributed by atoms with Crippen LogP contribution in [0.2, 0.25) is 5.02 Å². The second-order valence-corrected chi connectivity index (χ2v) is 5.47. The number of esters is 2. The summed E-state index contributed by atoms with van der Waals surface area (Å²) in [7, 11) is 2.68. The maximum Gasteiger partial charge on any atom is 0.349 e. The van der Waals surface area contributed by atoms with Crippen LogP contribution in [0.1, 0.15) is 15.9 Å². The monoisotopic (exact) mass is 364 g/mol. The molecule has 0 aliphatic heterocycles. The highest BCUT2D eigenvalue weighted by atomic mass is 35.5. The standard InChI is InChI=1S/C18H17ClO6/c1-11-8-13(19)5-7-14(11)24-10-17(20)25-15-6-4-12(18(21)23-3)9-16(15)22-2/h4-9H,10H2,1-3H3. The van der Waals surface area contributed by atoms with Crippen molar-refractivity contribution in [1.29, 1.82) is 0 Å². The first-order chi connectivity index (χ1) is 11.9. The van der Waals surface area contributed by atoms with E-state index in [-0.39, 0.29) is 23.7 Å². The third kappa shape index (κ3) is 4.87. The fourth-order valence-electron chi connectivity index (χ4n) is 2.06. The largest absolute Gasteiger partial charge is 0.493 e. The van der Waals surface area contributed by atoms with Crippen molar-refractivity contribution in [3.63, 3.8) is 0 Å². The van der Waals surface area contributed by atoms with Gasteiger partial charge >= 0.3 is 11.9 Å². The van der Waals surface area contributed by atoms with Crippen molar-refractivity contribution in [3.05, 3.63) is 52.5 Å². The van der Waals surface area contributed by atoms with E-state index in [4.69, 9.17) is 25.8 Å². The van der Waals surface area contributed by atoms with Gasteiger partial charge < -0.3 is 18.9 Å². The highest BCUT2D eigenvalue weighted by molar-refractivity contribution is 6.30. The Kier molecular flexibility index (Phi) is 6.25. The number of aryl methyl sites for hydroxylation is 1. The van der Waals surface area contributed by atoms with Gasteiger partial charge in [-0.3, -0.25) is 0 Å². The number of hydrogen-bond acceptors (Lipinski definition) is 6. The van der Waals surface area contributed by atoms with Crippen molar-refractivity contribution in [2.24, 2.45) is 0 Å². The van der Waals surface area contributed by atoms with Crippen LogP contribution < -0.4 is 14.2 Å². The van der Waals surface area contributed by atoms with E-state index in [1.54, 1.807) is 18.2 Å². The van der Waals surface area contributed by atoms with Crippen LogP contribution in [0.15, 0.2) is 36.4 Å². The van der Waals surface area contributed by atoms with Crippen LogP contribution in [-0.4, -0.2) is 32.8 Å². The number of ether oxygens (including phenoxy) is 4. The highest BCUT2D eigenvalue weighted by Crippen LogP contribution is 2.28. The van der Waals surface area contributed by atoms with E-state index < -0.39 is 11.9 Å². The Labute approximate surface area is 150 Å². The van der Waals surface area contributed by atoms with Gasteiger partial charge in [0.2, 0.25) is 0 Å². The minimum Gasteiger partial charge on any atom is -0.493 e. The van der Waals surface area contributed by atoms with Crippen molar-refractivity contribution in [3.8, 4) is 17.2 Å².